The number of alkyl halides is 3. The van der Waals surface area contributed by atoms with E-state index in [0.717, 1.165) is 6.07 Å². The molecule has 0 aliphatic heterocycles. The molecule has 0 unspecified atom stereocenters. The zero-order chi connectivity index (χ0) is 20.6. The SMILES string of the molecule is CC(=O)Nc1ccc(NC(=O)c2nn3c(C(F)(F)F)cc(C)nc3c2Br)cc1. The Morgan fingerprint density at radius 1 is 1.11 bits per heavy atom. The molecule has 0 atom stereocenters. The van der Waals surface area contributed by atoms with Crippen LogP contribution in [0.25, 0.3) is 5.65 Å². The molecule has 28 heavy (non-hydrogen) atoms. The summed E-state index contributed by atoms with van der Waals surface area (Å²) in [6.07, 6.45) is -4.66. The maximum Gasteiger partial charge on any atom is 0.433 e. The number of hydrogen-bond acceptors (Lipinski definition) is 4. The van der Waals surface area contributed by atoms with Crippen LogP contribution in [0.15, 0.2) is 34.8 Å². The lowest BCUT2D eigenvalue weighted by atomic mass is 10.2. The minimum absolute atomic E-state index is 0.0501. The van der Waals surface area contributed by atoms with Crippen molar-refractivity contribution in [2.24, 2.45) is 0 Å². The monoisotopic (exact) mass is 455 g/mol. The second-order valence-electron chi connectivity index (χ2n) is 5.89. The first-order valence-electron chi connectivity index (χ1n) is 7.88. The number of carbonyl (C=O) groups excluding carboxylic acids is 2. The Morgan fingerprint density at radius 2 is 1.68 bits per heavy atom. The largest absolute Gasteiger partial charge is 0.433 e. The van der Waals surface area contributed by atoms with Crippen LogP contribution >= 0.6 is 15.9 Å². The molecule has 7 nitrogen and oxygen atoms in total. The standard InChI is InChI=1S/C17H13BrF3N5O2/c1-8-7-12(17(19,20)21)26-15(22-8)13(18)14(25-26)16(28)24-11-5-3-10(4-6-11)23-9(2)27/h3-7H,1-2H3,(H,23,27)(H,24,28). The third-order valence-corrected chi connectivity index (χ3v) is 4.36. The second kappa shape index (κ2) is 7.23. The Balaban J connectivity index is 1.94. The van der Waals surface area contributed by atoms with Crippen LogP contribution in [0, 0.1) is 6.92 Å². The molecule has 0 aliphatic rings. The lowest BCUT2D eigenvalue weighted by Crippen LogP contribution is -2.16. The highest BCUT2D eigenvalue weighted by atomic mass is 79.9. The van der Waals surface area contributed by atoms with Crippen molar-refractivity contribution in [3.63, 3.8) is 0 Å². The number of anilines is 2. The molecular formula is C17H13BrF3N5O2. The smallest absolute Gasteiger partial charge is 0.326 e. The highest BCUT2D eigenvalue weighted by Crippen LogP contribution is 2.32. The summed E-state index contributed by atoms with van der Waals surface area (Å²) >= 11 is 3.12. The molecule has 0 spiro atoms. The highest BCUT2D eigenvalue weighted by molar-refractivity contribution is 9.10. The average Bonchev–Trinajstić information content (AvgIpc) is 2.91. The van der Waals surface area contributed by atoms with Crippen molar-refractivity contribution in [1.29, 1.82) is 0 Å². The Morgan fingerprint density at radius 3 is 2.21 bits per heavy atom. The molecule has 0 saturated carbocycles. The van der Waals surface area contributed by atoms with Gasteiger partial charge in [-0.2, -0.15) is 18.3 Å². The molecule has 2 heterocycles. The molecule has 11 heteroatoms. The summed E-state index contributed by atoms with van der Waals surface area (Å²) < 4.78 is 40.5. The molecule has 2 amide bonds. The van der Waals surface area contributed by atoms with E-state index < -0.39 is 17.8 Å². The second-order valence-corrected chi connectivity index (χ2v) is 6.68. The average molecular weight is 456 g/mol. The van der Waals surface area contributed by atoms with Crippen molar-refractivity contribution >= 4 is 44.8 Å². The number of nitrogens with one attached hydrogen (secondary N) is 2. The first kappa shape index (κ1) is 19.8. The van der Waals surface area contributed by atoms with Gasteiger partial charge < -0.3 is 10.6 Å². The van der Waals surface area contributed by atoms with Crippen LogP contribution in [-0.4, -0.2) is 26.4 Å². The van der Waals surface area contributed by atoms with Crippen molar-refractivity contribution in [3.05, 3.63) is 51.9 Å². The number of benzene rings is 1. The first-order chi connectivity index (χ1) is 13.1. The van der Waals surface area contributed by atoms with Gasteiger partial charge in [-0.1, -0.05) is 0 Å². The van der Waals surface area contributed by atoms with Gasteiger partial charge in [0.15, 0.2) is 11.3 Å². The molecule has 3 rings (SSSR count). The predicted molar refractivity (Wildman–Crippen MR) is 99.1 cm³/mol. The summed E-state index contributed by atoms with van der Waals surface area (Å²) in [6.45, 7) is 2.78. The van der Waals surface area contributed by atoms with Gasteiger partial charge in [-0.15, -0.1) is 0 Å². The number of fused-ring (bicyclic) bond motifs is 1. The number of aryl methyl sites for hydroxylation is 1. The van der Waals surface area contributed by atoms with Crippen LogP contribution in [0.3, 0.4) is 0 Å². The third-order valence-electron chi connectivity index (χ3n) is 3.63. The number of carbonyl (C=O) groups is 2. The Labute approximate surface area is 165 Å². The van der Waals surface area contributed by atoms with E-state index in [1.807, 2.05) is 0 Å². The van der Waals surface area contributed by atoms with Gasteiger partial charge in [-0.05, 0) is 53.2 Å². The number of aromatic nitrogens is 3. The molecule has 0 aliphatic carbocycles. The number of amides is 2. The van der Waals surface area contributed by atoms with E-state index >= 15 is 0 Å². The van der Waals surface area contributed by atoms with Gasteiger partial charge in [0.25, 0.3) is 5.91 Å². The highest BCUT2D eigenvalue weighted by Gasteiger charge is 2.36. The normalized spacial score (nSPS) is 11.5. The van der Waals surface area contributed by atoms with Crippen LogP contribution in [0.4, 0.5) is 24.5 Å². The van der Waals surface area contributed by atoms with Gasteiger partial charge in [-0.25, -0.2) is 9.50 Å². The minimum Gasteiger partial charge on any atom is -0.326 e. The molecule has 3 aromatic rings. The fourth-order valence-corrected chi connectivity index (χ4v) is 3.01. The van der Waals surface area contributed by atoms with Crippen LogP contribution in [-0.2, 0) is 11.0 Å². The van der Waals surface area contributed by atoms with E-state index in [-0.39, 0.29) is 27.4 Å². The lowest BCUT2D eigenvalue weighted by Gasteiger charge is -2.09. The summed E-state index contributed by atoms with van der Waals surface area (Å²) in [5.41, 5.74) is -0.333. The van der Waals surface area contributed by atoms with Gasteiger partial charge in [0.1, 0.15) is 5.69 Å². The van der Waals surface area contributed by atoms with Crippen molar-refractivity contribution in [2.45, 2.75) is 20.0 Å². The number of nitrogens with zero attached hydrogens (tertiary/aromatic N) is 3. The summed E-state index contributed by atoms with van der Waals surface area (Å²) in [6, 6.07) is 7.08. The Hall–Kier alpha value is -2.95. The first-order valence-corrected chi connectivity index (χ1v) is 8.67. The van der Waals surface area contributed by atoms with E-state index in [1.54, 1.807) is 12.1 Å². The molecule has 2 aromatic heterocycles. The molecule has 1 aromatic carbocycles. The van der Waals surface area contributed by atoms with Crippen molar-refractivity contribution in [2.75, 3.05) is 10.6 Å². The maximum atomic E-state index is 13.3. The van der Waals surface area contributed by atoms with E-state index in [1.165, 1.54) is 26.0 Å². The predicted octanol–water partition coefficient (Wildman–Crippen LogP) is 4.03. The molecule has 146 valence electrons. The van der Waals surface area contributed by atoms with E-state index in [4.69, 9.17) is 0 Å². The van der Waals surface area contributed by atoms with Gasteiger partial charge in [0, 0.05) is 24.0 Å². The number of halogens is 4. The van der Waals surface area contributed by atoms with Gasteiger partial charge in [0.05, 0.1) is 4.47 Å². The third kappa shape index (κ3) is 3.98. The van der Waals surface area contributed by atoms with Crippen LogP contribution in [0.5, 0.6) is 0 Å². The lowest BCUT2D eigenvalue weighted by molar-refractivity contribution is -0.142. The number of rotatable bonds is 3. The summed E-state index contributed by atoms with van der Waals surface area (Å²) in [5.74, 6) is -0.955. The fourth-order valence-electron chi connectivity index (χ4n) is 2.49. The molecule has 0 bridgehead atoms. The molecule has 0 saturated heterocycles. The summed E-state index contributed by atoms with van der Waals surface area (Å²) in [7, 11) is 0. The van der Waals surface area contributed by atoms with Gasteiger partial charge >= 0.3 is 6.18 Å². The molecular weight excluding hydrogens is 443 g/mol. The van der Waals surface area contributed by atoms with Crippen molar-refractivity contribution < 1.29 is 22.8 Å². The van der Waals surface area contributed by atoms with E-state index in [0.29, 0.717) is 15.9 Å². The van der Waals surface area contributed by atoms with E-state index in [2.05, 4.69) is 36.6 Å². The van der Waals surface area contributed by atoms with Crippen LogP contribution < -0.4 is 10.6 Å². The van der Waals surface area contributed by atoms with Crippen LogP contribution in [0.2, 0.25) is 0 Å². The Bertz CT molecular complexity index is 1080. The molecule has 0 fully saturated rings. The molecule has 2 N–H and O–H groups in total. The number of hydrogen-bond donors (Lipinski definition) is 2. The molecule has 0 radical (unpaired) electrons. The van der Waals surface area contributed by atoms with Crippen LogP contribution in [0.1, 0.15) is 28.8 Å². The fraction of sp³-hybridized carbons (Fsp3) is 0.176. The summed E-state index contributed by atoms with van der Waals surface area (Å²) in [5, 5.41) is 8.92. The zero-order valence-corrected chi connectivity index (χ0v) is 16.1. The quantitative estimate of drug-likeness (QED) is 0.623. The van der Waals surface area contributed by atoms with Gasteiger partial charge in [0.2, 0.25) is 5.91 Å². The zero-order valence-electron chi connectivity index (χ0n) is 14.6. The topological polar surface area (TPSA) is 88.4 Å². The van der Waals surface area contributed by atoms with Crippen molar-refractivity contribution in [1.82, 2.24) is 14.6 Å². The maximum absolute atomic E-state index is 13.3. The van der Waals surface area contributed by atoms with Gasteiger partial charge in [-0.3, -0.25) is 9.59 Å². The van der Waals surface area contributed by atoms with E-state index in [9.17, 15) is 22.8 Å². The minimum atomic E-state index is -4.66. The Kier molecular flexibility index (Phi) is 5.11. The van der Waals surface area contributed by atoms with Crippen molar-refractivity contribution in [3.8, 4) is 0 Å². The summed E-state index contributed by atoms with van der Waals surface area (Å²) in [4.78, 5) is 27.6.